The van der Waals surface area contributed by atoms with Crippen molar-refractivity contribution in [1.82, 2.24) is 14.9 Å². The molecule has 0 amide bonds. The molecular formula is C25H37N3O. The molecule has 1 aromatic carbocycles. The van der Waals surface area contributed by atoms with Gasteiger partial charge in [-0.25, -0.2) is 4.98 Å². The van der Waals surface area contributed by atoms with Crippen LogP contribution < -0.4 is 0 Å². The molecule has 2 bridgehead atoms. The quantitative estimate of drug-likeness (QED) is 0.581. The first-order valence-electron chi connectivity index (χ1n) is 11.5. The van der Waals surface area contributed by atoms with Crippen LogP contribution in [-0.2, 0) is 6.42 Å². The van der Waals surface area contributed by atoms with Gasteiger partial charge in [0.1, 0.15) is 5.82 Å². The number of nitrogens with one attached hydrogen (secondary N) is 1. The summed E-state index contributed by atoms with van der Waals surface area (Å²) < 4.78 is 0. The number of H-pyrrole nitrogens is 1. The first-order valence-corrected chi connectivity index (χ1v) is 11.5. The molecule has 0 aliphatic heterocycles. The smallest absolute Gasteiger partial charge is 0.107 e. The van der Waals surface area contributed by atoms with E-state index in [1.165, 1.54) is 31.3 Å². The first kappa shape index (κ1) is 20.6. The Kier molecular flexibility index (Phi) is 6.12. The van der Waals surface area contributed by atoms with E-state index in [-0.39, 0.29) is 0 Å². The Labute approximate surface area is 175 Å². The molecule has 29 heavy (non-hydrogen) atoms. The molecule has 4 heteroatoms. The molecule has 0 unspecified atom stereocenters. The number of rotatable bonds is 9. The van der Waals surface area contributed by atoms with Gasteiger partial charge in [0.05, 0.1) is 16.6 Å². The molecule has 0 spiro atoms. The Balaban J connectivity index is 1.27. The van der Waals surface area contributed by atoms with Crippen LogP contribution in [0.15, 0.2) is 35.4 Å². The van der Waals surface area contributed by atoms with Crippen molar-refractivity contribution < 1.29 is 5.11 Å². The average Bonchev–Trinajstić information content (AvgIpc) is 3.12. The van der Waals surface area contributed by atoms with Crippen LogP contribution in [-0.4, -0.2) is 45.7 Å². The zero-order valence-corrected chi connectivity index (χ0v) is 18.4. The molecular weight excluding hydrogens is 358 g/mol. The van der Waals surface area contributed by atoms with E-state index < -0.39 is 5.60 Å². The van der Waals surface area contributed by atoms with Crippen molar-refractivity contribution in [2.24, 2.45) is 11.8 Å². The Hall–Kier alpha value is -1.65. The lowest BCUT2D eigenvalue weighted by molar-refractivity contribution is -0.0685. The van der Waals surface area contributed by atoms with Crippen LogP contribution >= 0.6 is 0 Å². The fourth-order valence-corrected chi connectivity index (χ4v) is 5.85. The van der Waals surface area contributed by atoms with Crippen molar-refractivity contribution in [1.29, 1.82) is 0 Å². The summed E-state index contributed by atoms with van der Waals surface area (Å²) in [5, 5.41) is 11.5. The molecule has 1 saturated carbocycles. The predicted molar refractivity (Wildman–Crippen MR) is 120 cm³/mol. The fourth-order valence-electron chi connectivity index (χ4n) is 5.85. The Morgan fingerprint density at radius 1 is 1.21 bits per heavy atom. The molecule has 3 aliphatic carbocycles. The molecule has 1 aromatic heterocycles. The van der Waals surface area contributed by atoms with Gasteiger partial charge in [-0.3, -0.25) is 0 Å². The van der Waals surface area contributed by atoms with Crippen LogP contribution in [0.25, 0.3) is 11.0 Å². The molecule has 0 radical (unpaired) electrons. The van der Waals surface area contributed by atoms with Gasteiger partial charge in [0.25, 0.3) is 0 Å². The number of para-hydroxylation sites is 2. The molecule has 158 valence electrons. The molecule has 3 atom stereocenters. The lowest BCUT2D eigenvalue weighted by atomic mass is 9.58. The van der Waals surface area contributed by atoms with E-state index in [4.69, 9.17) is 0 Å². The van der Waals surface area contributed by atoms with Gasteiger partial charge in [-0.15, -0.1) is 0 Å². The highest BCUT2D eigenvalue weighted by molar-refractivity contribution is 5.74. The highest BCUT2D eigenvalue weighted by Gasteiger charge is 2.48. The van der Waals surface area contributed by atoms with Gasteiger partial charge < -0.3 is 15.0 Å². The van der Waals surface area contributed by atoms with E-state index in [0.29, 0.717) is 11.8 Å². The molecule has 2 aromatic rings. The lowest BCUT2D eigenvalue weighted by Gasteiger charge is -2.51. The fraction of sp³-hybridized carbons (Fsp3) is 0.640. The zero-order chi connectivity index (χ0) is 20.4. The molecule has 2 N–H and O–H groups in total. The van der Waals surface area contributed by atoms with Crippen LogP contribution in [0.1, 0.15) is 64.6 Å². The van der Waals surface area contributed by atoms with Crippen LogP contribution in [0.5, 0.6) is 0 Å². The number of aromatic amines is 1. The van der Waals surface area contributed by atoms with Crippen molar-refractivity contribution in [3.05, 3.63) is 41.2 Å². The second-order valence-electron chi connectivity index (χ2n) is 9.45. The summed E-state index contributed by atoms with van der Waals surface area (Å²) in [4.78, 5) is 10.5. The highest BCUT2D eigenvalue weighted by Crippen LogP contribution is 2.52. The second kappa shape index (κ2) is 8.61. The van der Waals surface area contributed by atoms with Crippen LogP contribution in [0.2, 0.25) is 0 Å². The number of aryl methyl sites for hydroxylation is 1. The van der Waals surface area contributed by atoms with Gasteiger partial charge in [0.2, 0.25) is 0 Å². The van der Waals surface area contributed by atoms with E-state index in [0.717, 1.165) is 55.6 Å². The minimum Gasteiger partial charge on any atom is -0.389 e. The topological polar surface area (TPSA) is 52.1 Å². The minimum atomic E-state index is -0.489. The van der Waals surface area contributed by atoms with Gasteiger partial charge in [0.15, 0.2) is 0 Å². The standard InChI is InChI=1S/C25H37N3O/c1-4-8-20-18(2)21-13-12-19(20)17-25(21,29)14-16-28(3)15-7-11-24-26-22-9-5-6-10-23(22)27-24/h5-6,9-10,19,21,29H,4,7-8,11-17H2,1-3H3,(H,26,27)/t19-,21-,25+/m0/s1. The summed E-state index contributed by atoms with van der Waals surface area (Å²) >= 11 is 0. The molecule has 4 nitrogen and oxygen atoms in total. The summed E-state index contributed by atoms with van der Waals surface area (Å²) in [5.74, 6) is 2.09. The first-order chi connectivity index (χ1) is 14.0. The molecule has 0 saturated heterocycles. The van der Waals surface area contributed by atoms with E-state index in [9.17, 15) is 5.11 Å². The third-order valence-corrected chi connectivity index (χ3v) is 7.41. The molecule has 3 aliphatic rings. The van der Waals surface area contributed by atoms with E-state index in [1.54, 1.807) is 5.57 Å². The maximum Gasteiger partial charge on any atom is 0.107 e. The number of hydrogen-bond acceptors (Lipinski definition) is 3. The van der Waals surface area contributed by atoms with Crippen molar-refractivity contribution in [2.45, 2.75) is 70.8 Å². The van der Waals surface area contributed by atoms with Gasteiger partial charge in [-0.05, 0) is 77.1 Å². The summed E-state index contributed by atoms with van der Waals surface area (Å²) in [6, 6.07) is 8.22. The van der Waals surface area contributed by atoms with Gasteiger partial charge in [0, 0.05) is 18.9 Å². The van der Waals surface area contributed by atoms with Gasteiger partial charge in [-0.1, -0.05) is 36.6 Å². The van der Waals surface area contributed by atoms with Crippen LogP contribution in [0.3, 0.4) is 0 Å². The number of aromatic nitrogens is 2. The average molecular weight is 396 g/mol. The SMILES string of the molecule is CCCC1=C(C)[C@@H]2CC[C@H]1C[C@]2(O)CCN(C)CCCc1nc2ccccc2[nH]1. The van der Waals surface area contributed by atoms with E-state index >= 15 is 0 Å². The lowest BCUT2D eigenvalue weighted by Crippen LogP contribution is -2.50. The predicted octanol–water partition coefficient (Wildman–Crippen LogP) is 5.10. The largest absolute Gasteiger partial charge is 0.389 e. The minimum absolute atomic E-state index is 0.387. The van der Waals surface area contributed by atoms with Crippen LogP contribution in [0, 0.1) is 11.8 Å². The Bertz CT molecular complexity index is 837. The number of imidazole rings is 1. The summed E-state index contributed by atoms with van der Waals surface area (Å²) in [5.41, 5.74) is 4.88. The number of fused-ring (bicyclic) bond motifs is 3. The number of nitrogens with zero attached hydrogens (tertiary/aromatic N) is 2. The van der Waals surface area contributed by atoms with Crippen molar-refractivity contribution in [3.63, 3.8) is 0 Å². The second-order valence-corrected chi connectivity index (χ2v) is 9.45. The van der Waals surface area contributed by atoms with E-state index in [2.05, 4.69) is 47.9 Å². The van der Waals surface area contributed by atoms with Crippen molar-refractivity contribution in [3.8, 4) is 0 Å². The van der Waals surface area contributed by atoms with Crippen molar-refractivity contribution >= 4 is 11.0 Å². The molecule has 5 rings (SSSR count). The van der Waals surface area contributed by atoms with Gasteiger partial charge in [-0.2, -0.15) is 0 Å². The Morgan fingerprint density at radius 2 is 2.03 bits per heavy atom. The van der Waals surface area contributed by atoms with Crippen molar-refractivity contribution in [2.75, 3.05) is 20.1 Å². The van der Waals surface area contributed by atoms with Crippen LogP contribution in [0.4, 0.5) is 0 Å². The normalized spacial score (nSPS) is 26.8. The Morgan fingerprint density at radius 3 is 2.79 bits per heavy atom. The van der Waals surface area contributed by atoms with Gasteiger partial charge >= 0.3 is 0 Å². The number of aliphatic hydroxyl groups is 1. The third kappa shape index (κ3) is 4.29. The summed E-state index contributed by atoms with van der Waals surface area (Å²) in [6.07, 6.45) is 8.84. The number of hydrogen-bond donors (Lipinski definition) is 2. The maximum atomic E-state index is 11.5. The summed E-state index contributed by atoms with van der Waals surface area (Å²) in [6.45, 7) is 6.57. The molecule has 1 fully saturated rings. The number of allylic oxidation sites excluding steroid dienone is 1. The monoisotopic (exact) mass is 395 g/mol. The molecule has 1 heterocycles. The van der Waals surface area contributed by atoms with E-state index in [1.807, 2.05) is 12.1 Å². The zero-order valence-electron chi connectivity index (χ0n) is 18.4. The number of benzene rings is 1. The highest BCUT2D eigenvalue weighted by atomic mass is 16.3. The summed E-state index contributed by atoms with van der Waals surface area (Å²) in [7, 11) is 2.19. The maximum absolute atomic E-state index is 11.5. The third-order valence-electron chi connectivity index (χ3n) is 7.41.